The Morgan fingerprint density at radius 1 is 1.38 bits per heavy atom. The third kappa shape index (κ3) is 2.82. The minimum atomic E-state index is 0.148. The van der Waals surface area contributed by atoms with Gasteiger partial charge in [0.15, 0.2) is 0 Å². The molecule has 2 rings (SSSR count). The Balaban J connectivity index is 1.99. The lowest BCUT2D eigenvalue weighted by Gasteiger charge is -2.34. The van der Waals surface area contributed by atoms with Crippen molar-refractivity contribution in [3.63, 3.8) is 0 Å². The third-order valence-electron chi connectivity index (χ3n) is 3.07. The Bertz CT molecular complexity index is 323. The molecule has 1 unspecified atom stereocenters. The molecule has 1 saturated heterocycles. The maximum absolute atomic E-state index is 9.26. The van der Waals surface area contributed by atoms with Crippen molar-refractivity contribution in [3.8, 4) is 0 Å². The van der Waals surface area contributed by atoms with Gasteiger partial charge in [0.2, 0.25) is 0 Å². The molecule has 16 heavy (non-hydrogen) atoms. The summed E-state index contributed by atoms with van der Waals surface area (Å²) in [6.07, 6.45) is 0. The first kappa shape index (κ1) is 11.6. The van der Waals surface area contributed by atoms with Crippen LogP contribution >= 0.6 is 0 Å². The molecule has 1 aliphatic heterocycles. The van der Waals surface area contributed by atoms with Crippen molar-refractivity contribution < 1.29 is 9.84 Å². The molecular weight excluding hydrogens is 202 g/mol. The fourth-order valence-corrected chi connectivity index (χ4v) is 1.99. The van der Waals surface area contributed by atoms with Crippen LogP contribution in [0.3, 0.4) is 0 Å². The molecule has 1 atom stereocenters. The van der Waals surface area contributed by atoms with Gasteiger partial charge in [0.1, 0.15) is 0 Å². The molecule has 88 valence electrons. The van der Waals surface area contributed by atoms with Crippen molar-refractivity contribution in [1.82, 2.24) is 4.90 Å². The molecule has 3 nitrogen and oxygen atoms in total. The number of rotatable bonds is 3. The summed E-state index contributed by atoms with van der Waals surface area (Å²) in [7, 11) is 0. The zero-order chi connectivity index (χ0) is 11.4. The molecule has 1 fully saturated rings. The fraction of sp³-hybridized carbons (Fsp3) is 0.538. The number of nitrogens with zero attached hydrogens (tertiary/aromatic N) is 1. The molecule has 0 radical (unpaired) electrons. The van der Waals surface area contributed by atoms with Crippen LogP contribution in [0.4, 0.5) is 0 Å². The van der Waals surface area contributed by atoms with Crippen molar-refractivity contribution in [2.45, 2.75) is 19.5 Å². The van der Waals surface area contributed by atoms with Crippen LogP contribution in [-0.4, -0.2) is 42.4 Å². The van der Waals surface area contributed by atoms with Crippen LogP contribution in [-0.2, 0) is 11.3 Å². The fourth-order valence-electron chi connectivity index (χ4n) is 1.99. The van der Waals surface area contributed by atoms with Gasteiger partial charge >= 0.3 is 0 Å². The lowest BCUT2D eigenvalue weighted by atomic mass is 10.1. The number of aliphatic hydroxyl groups is 1. The standard InChI is InChI=1S/C13H19NO2/c1-11-2-4-12(5-3-11)8-14-6-7-16-10-13(14)9-15/h2-5,13,15H,6-10H2,1H3. The van der Waals surface area contributed by atoms with Gasteiger partial charge in [-0.1, -0.05) is 29.8 Å². The van der Waals surface area contributed by atoms with Gasteiger partial charge in [-0.25, -0.2) is 0 Å². The second kappa shape index (κ2) is 5.43. The van der Waals surface area contributed by atoms with E-state index < -0.39 is 0 Å². The highest BCUT2D eigenvalue weighted by Crippen LogP contribution is 2.12. The normalized spacial score (nSPS) is 22.2. The zero-order valence-corrected chi connectivity index (χ0v) is 9.72. The summed E-state index contributed by atoms with van der Waals surface area (Å²) in [5, 5.41) is 9.26. The van der Waals surface area contributed by atoms with Gasteiger partial charge in [-0.3, -0.25) is 4.90 Å². The van der Waals surface area contributed by atoms with Crippen molar-refractivity contribution in [2.75, 3.05) is 26.4 Å². The quantitative estimate of drug-likeness (QED) is 0.832. The van der Waals surface area contributed by atoms with Crippen molar-refractivity contribution in [2.24, 2.45) is 0 Å². The number of ether oxygens (including phenoxy) is 1. The van der Waals surface area contributed by atoms with Crippen LogP contribution < -0.4 is 0 Å². The summed E-state index contributed by atoms with van der Waals surface area (Å²) >= 11 is 0. The minimum absolute atomic E-state index is 0.148. The molecule has 1 aromatic rings. The van der Waals surface area contributed by atoms with E-state index in [4.69, 9.17) is 4.74 Å². The second-order valence-corrected chi connectivity index (χ2v) is 4.37. The summed E-state index contributed by atoms with van der Waals surface area (Å²) in [6, 6.07) is 8.71. The number of hydrogen-bond acceptors (Lipinski definition) is 3. The topological polar surface area (TPSA) is 32.7 Å². The first-order chi connectivity index (χ1) is 7.79. The molecule has 0 aliphatic carbocycles. The Kier molecular flexibility index (Phi) is 3.93. The summed E-state index contributed by atoms with van der Waals surface area (Å²) in [6.45, 7) is 5.47. The monoisotopic (exact) mass is 221 g/mol. The van der Waals surface area contributed by atoms with Gasteiger partial charge in [-0.2, -0.15) is 0 Å². The van der Waals surface area contributed by atoms with Crippen molar-refractivity contribution >= 4 is 0 Å². The van der Waals surface area contributed by atoms with E-state index in [0.29, 0.717) is 6.61 Å². The molecule has 3 heteroatoms. The Morgan fingerprint density at radius 2 is 2.12 bits per heavy atom. The molecule has 0 amide bonds. The van der Waals surface area contributed by atoms with Crippen molar-refractivity contribution in [3.05, 3.63) is 35.4 Å². The van der Waals surface area contributed by atoms with Crippen LogP contribution in [0.5, 0.6) is 0 Å². The van der Waals surface area contributed by atoms with E-state index >= 15 is 0 Å². The van der Waals surface area contributed by atoms with E-state index in [1.807, 2.05) is 0 Å². The summed E-state index contributed by atoms with van der Waals surface area (Å²) in [5.74, 6) is 0. The molecule has 0 bridgehead atoms. The van der Waals surface area contributed by atoms with Gasteiger partial charge in [0.05, 0.1) is 25.9 Å². The molecule has 1 heterocycles. The minimum Gasteiger partial charge on any atom is -0.395 e. The van der Waals surface area contributed by atoms with E-state index in [0.717, 1.165) is 19.7 Å². The highest BCUT2D eigenvalue weighted by atomic mass is 16.5. The Hall–Kier alpha value is -0.900. The SMILES string of the molecule is Cc1ccc(CN2CCOCC2CO)cc1. The molecule has 1 aromatic carbocycles. The smallest absolute Gasteiger partial charge is 0.0644 e. The summed E-state index contributed by atoms with van der Waals surface area (Å²) in [4.78, 5) is 2.29. The van der Waals surface area contributed by atoms with Gasteiger partial charge < -0.3 is 9.84 Å². The number of morpholine rings is 1. The van der Waals surface area contributed by atoms with Crippen LogP contribution in [0.1, 0.15) is 11.1 Å². The van der Waals surface area contributed by atoms with Crippen LogP contribution in [0.25, 0.3) is 0 Å². The third-order valence-corrected chi connectivity index (χ3v) is 3.07. The van der Waals surface area contributed by atoms with E-state index in [-0.39, 0.29) is 12.6 Å². The van der Waals surface area contributed by atoms with E-state index in [1.165, 1.54) is 11.1 Å². The van der Waals surface area contributed by atoms with Gasteiger partial charge in [0.25, 0.3) is 0 Å². The maximum atomic E-state index is 9.26. The van der Waals surface area contributed by atoms with Gasteiger partial charge in [-0.05, 0) is 12.5 Å². The lowest BCUT2D eigenvalue weighted by molar-refractivity contribution is -0.0312. The van der Waals surface area contributed by atoms with E-state index in [2.05, 4.69) is 36.1 Å². The van der Waals surface area contributed by atoms with Crippen molar-refractivity contribution in [1.29, 1.82) is 0 Å². The van der Waals surface area contributed by atoms with Crippen LogP contribution in [0.15, 0.2) is 24.3 Å². The second-order valence-electron chi connectivity index (χ2n) is 4.37. The van der Waals surface area contributed by atoms with Crippen LogP contribution in [0, 0.1) is 6.92 Å². The number of benzene rings is 1. The molecule has 0 saturated carbocycles. The molecular formula is C13H19NO2. The maximum Gasteiger partial charge on any atom is 0.0644 e. The molecule has 0 spiro atoms. The first-order valence-electron chi connectivity index (χ1n) is 5.78. The Labute approximate surface area is 96.6 Å². The number of hydrogen-bond donors (Lipinski definition) is 1. The van der Waals surface area contributed by atoms with Gasteiger partial charge in [0, 0.05) is 13.1 Å². The highest BCUT2D eigenvalue weighted by molar-refractivity contribution is 5.21. The molecule has 1 aliphatic rings. The number of aliphatic hydroxyl groups excluding tert-OH is 1. The highest BCUT2D eigenvalue weighted by Gasteiger charge is 2.21. The van der Waals surface area contributed by atoms with Crippen LogP contribution in [0.2, 0.25) is 0 Å². The molecule has 0 aromatic heterocycles. The largest absolute Gasteiger partial charge is 0.395 e. The summed E-state index contributed by atoms with van der Waals surface area (Å²) in [5.41, 5.74) is 2.58. The first-order valence-corrected chi connectivity index (χ1v) is 5.78. The van der Waals surface area contributed by atoms with Gasteiger partial charge in [-0.15, -0.1) is 0 Å². The summed E-state index contributed by atoms with van der Waals surface area (Å²) < 4.78 is 5.36. The Morgan fingerprint density at radius 3 is 2.81 bits per heavy atom. The number of aryl methyl sites for hydroxylation is 1. The zero-order valence-electron chi connectivity index (χ0n) is 9.72. The average Bonchev–Trinajstić information content (AvgIpc) is 2.33. The average molecular weight is 221 g/mol. The predicted octanol–water partition coefficient (Wildman–Crippen LogP) is 1.19. The van der Waals surface area contributed by atoms with E-state index in [1.54, 1.807) is 0 Å². The predicted molar refractivity (Wildman–Crippen MR) is 63.3 cm³/mol. The molecule has 1 N–H and O–H groups in total. The van der Waals surface area contributed by atoms with E-state index in [9.17, 15) is 5.11 Å². The lowest BCUT2D eigenvalue weighted by Crippen LogP contribution is -2.46.